The standard InChI is InChI=1S/C14H21FN2O2/c1-14(2,8-16-3)9-17-13(18)11-7-10(15)5-6-12(11)19-4/h5-7,16H,8-9H2,1-4H3,(H,17,18). The Bertz CT molecular complexity index is 447. The highest BCUT2D eigenvalue weighted by atomic mass is 19.1. The first kappa shape index (κ1) is 15.4. The molecule has 0 aromatic heterocycles. The Morgan fingerprint density at radius 3 is 2.63 bits per heavy atom. The maximum Gasteiger partial charge on any atom is 0.255 e. The second kappa shape index (κ2) is 6.52. The molecule has 1 aromatic carbocycles. The SMILES string of the molecule is CNCC(C)(C)CNC(=O)c1cc(F)ccc1OC. The minimum atomic E-state index is -0.458. The van der Waals surface area contributed by atoms with E-state index in [-0.39, 0.29) is 16.9 Å². The summed E-state index contributed by atoms with van der Waals surface area (Å²) in [5.41, 5.74) is 0.132. The molecule has 19 heavy (non-hydrogen) atoms. The molecule has 0 aliphatic rings. The van der Waals surface area contributed by atoms with Crippen molar-refractivity contribution in [3.63, 3.8) is 0 Å². The number of carbonyl (C=O) groups excluding carboxylic acids is 1. The number of ether oxygens (including phenoxy) is 1. The molecule has 0 fully saturated rings. The maximum atomic E-state index is 13.2. The zero-order valence-corrected chi connectivity index (χ0v) is 11.8. The number of amides is 1. The monoisotopic (exact) mass is 268 g/mol. The molecule has 0 bridgehead atoms. The number of nitrogens with one attached hydrogen (secondary N) is 2. The van der Waals surface area contributed by atoms with Crippen molar-refractivity contribution in [3.05, 3.63) is 29.6 Å². The Morgan fingerprint density at radius 1 is 1.37 bits per heavy atom. The van der Waals surface area contributed by atoms with Crippen molar-refractivity contribution in [3.8, 4) is 5.75 Å². The van der Waals surface area contributed by atoms with Gasteiger partial charge in [0, 0.05) is 13.1 Å². The molecule has 4 nitrogen and oxygen atoms in total. The van der Waals surface area contributed by atoms with Crippen molar-refractivity contribution >= 4 is 5.91 Å². The lowest BCUT2D eigenvalue weighted by Crippen LogP contribution is -2.39. The minimum Gasteiger partial charge on any atom is -0.496 e. The summed E-state index contributed by atoms with van der Waals surface area (Å²) in [6, 6.07) is 3.89. The largest absolute Gasteiger partial charge is 0.496 e. The average Bonchev–Trinajstić information content (AvgIpc) is 2.36. The van der Waals surface area contributed by atoms with E-state index in [2.05, 4.69) is 10.6 Å². The van der Waals surface area contributed by atoms with Gasteiger partial charge in [-0.1, -0.05) is 13.8 Å². The molecule has 0 atom stereocenters. The third-order valence-corrected chi connectivity index (χ3v) is 2.79. The second-order valence-electron chi connectivity index (χ2n) is 5.22. The molecule has 0 unspecified atom stereocenters. The zero-order chi connectivity index (χ0) is 14.5. The normalized spacial score (nSPS) is 11.2. The van der Waals surface area contributed by atoms with Crippen molar-refractivity contribution in [2.24, 2.45) is 5.41 Å². The topological polar surface area (TPSA) is 50.4 Å². The van der Waals surface area contributed by atoms with Gasteiger partial charge in [0.2, 0.25) is 0 Å². The predicted octanol–water partition coefficient (Wildman–Crippen LogP) is 1.81. The molecule has 1 aromatic rings. The smallest absolute Gasteiger partial charge is 0.255 e. The van der Waals surface area contributed by atoms with Crippen LogP contribution in [-0.2, 0) is 0 Å². The van der Waals surface area contributed by atoms with Gasteiger partial charge >= 0.3 is 0 Å². The number of benzene rings is 1. The zero-order valence-electron chi connectivity index (χ0n) is 11.8. The van der Waals surface area contributed by atoms with E-state index in [0.717, 1.165) is 6.54 Å². The van der Waals surface area contributed by atoms with Gasteiger partial charge in [-0.15, -0.1) is 0 Å². The number of carbonyl (C=O) groups is 1. The van der Waals surface area contributed by atoms with Gasteiger partial charge in [0.1, 0.15) is 11.6 Å². The molecule has 106 valence electrons. The lowest BCUT2D eigenvalue weighted by atomic mass is 9.93. The van der Waals surface area contributed by atoms with Crippen molar-refractivity contribution in [1.82, 2.24) is 10.6 Å². The fraction of sp³-hybridized carbons (Fsp3) is 0.500. The average molecular weight is 268 g/mol. The summed E-state index contributed by atoms with van der Waals surface area (Å²) < 4.78 is 18.3. The van der Waals surface area contributed by atoms with Crippen LogP contribution in [0.4, 0.5) is 4.39 Å². The van der Waals surface area contributed by atoms with Gasteiger partial charge in [-0.3, -0.25) is 4.79 Å². The van der Waals surface area contributed by atoms with Crippen LogP contribution in [0.2, 0.25) is 0 Å². The molecule has 5 heteroatoms. The first-order valence-electron chi connectivity index (χ1n) is 6.16. The molecule has 0 aliphatic heterocycles. The van der Waals surface area contributed by atoms with E-state index in [9.17, 15) is 9.18 Å². The summed E-state index contributed by atoms with van der Waals surface area (Å²) in [4.78, 5) is 12.0. The number of hydrogen-bond acceptors (Lipinski definition) is 3. The van der Waals surface area contributed by atoms with E-state index in [1.807, 2.05) is 20.9 Å². The third-order valence-electron chi connectivity index (χ3n) is 2.79. The van der Waals surface area contributed by atoms with Crippen molar-refractivity contribution < 1.29 is 13.9 Å². The number of hydrogen-bond donors (Lipinski definition) is 2. The molecule has 0 spiro atoms. The maximum absolute atomic E-state index is 13.2. The van der Waals surface area contributed by atoms with Gasteiger partial charge in [0.15, 0.2) is 0 Å². The highest BCUT2D eigenvalue weighted by molar-refractivity contribution is 5.96. The first-order valence-corrected chi connectivity index (χ1v) is 6.16. The van der Waals surface area contributed by atoms with Gasteiger partial charge in [-0.05, 0) is 30.7 Å². The number of methoxy groups -OCH3 is 1. The van der Waals surface area contributed by atoms with Crippen LogP contribution in [0, 0.1) is 11.2 Å². The lowest BCUT2D eigenvalue weighted by Gasteiger charge is -2.24. The summed E-state index contributed by atoms with van der Waals surface area (Å²) in [6.45, 7) is 5.33. The Labute approximate surface area is 113 Å². The van der Waals surface area contributed by atoms with Crippen molar-refractivity contribution in [1.29, 1.82) is 0 Å². The number of rotatable bonds is 6. The van der Waals surface area contributed by atoms with Crippen LogP contribution < -0.4 is 15.4 Å². The highest BCUT2D eigenvalue weighted by Gasteiger charge is 2.20. The Kier molecular flexibility index (Phi) is 5.30. The molecular formula is C14H21FN2O2. The molecule has 0 radical (unpaired) electrons. The van der Waals surface area contributed by atoms with Crippen LogP contribution in [0.15, 0.2) is 18.2 Å². The molecule has 1 amide bonds. The van der Waals surface area contributed by atoms with Crippen LogP contribution in [0.5, 0.6) is 5.75 Å². The third kappa shape index (κ3) is 4.52. The molecular weight excluding hydrogens is 247 g/mol. The van der Waals surface area contributed by atoms with Gasteiger partial charge in [0.05, 0.1) is 12.7 Å². The Morgan fingerprint density at radius 2 is 2.05 bits per heavy atom. The van der Waals surface area contributed by atoms with E-state index in [4.69, 9.17) is 4.74 Å². The summed E-state index contributed by atoms with van der Waals surface area (Å²) >= 11 is 0. The van der Waals surface area contributed by atoms with E-state index in [0.29, 0.717) is 12.3 Å². The molecule has 0 aliphatic carbocycles. The fourth-order valence-corrected chi connectivity index (χ4v) is 1.81. The quantitative estimate of drug-likeness (QED) is 0.827. The molecule has 1 rings (SSSR count). The summed E-state index contributed by atoms with van der Waals surface area (Å²) in [5.74, 6) is -0.425. The van der Waals surface area contributed by atoms with Crippen LogP contribution in [-0.4, -0.2) is 33.2 Å². The minimum absolute atomic E-state index is 0.0784. The van der Waals surface area contributed by atoms with E-state index in [1.165, 1.54) is 25.3 Å². The van der Waals surface area contributed by atoms with Crippen LogP contribution in [0.3, 0.4) is 0 Å². The number of halogens is 1. The lowest BCUT2D eigenvalue weighted by molar-refractivity contribution is 0.0933. The highest BCUT2D eigenvalue weighted by Crippen LogP contribution is 2.19. The van der Waals surface area contributed by atoms with E-state index < -0.39 is 5.82 Å². The second-order valence-corrected chi connectivity index (χ2v) is 5.22. The molecule has 0 saturated carbocycles. The fourth-order valence-electron chi connectivity index (χ4n) is 1.81. The van der Waals surface area contributed by atoms with Crippen LogP contribution in [0.25, 0.3) is 0 Å². The summed E-state index contributed by atoms with van der Waals surface area (Å²) in [5, 5.41) is 5.87. The Hall–Kier alpha value is -1.62. The summed E-state index contributed by atoms with van der Waals surface area (Å²) in [7, 11) is 3.31. The van der Waals surface area contributed by atoms with E-state index >= 15 is 0 Å². The Balaban J connectivity index is 2.76. The van der Waals surface area contributed by atoms with Gasteiger partial charge in [-0.25, -0.2) is 4.39 Å². The van der Waals surface area contributed by atoms with Crippen LogP contribution >= 0.6 is 0 Å². The molecule has 2 N–H and O–H groups in total. The predicted molar refractivity (Wildman–Crippen MR) is 73.0 cm³/mol. The van der Waals surface area contributed by atoms with E-state index in [1.54, 1.807) is 0 Å². The molecule has 0 heterocycles. The van der Waals surface area contributed by atoms with Gasteiger partial charge in [0.25, 0.3) is 5.91 Å². The molecule has 0 saturated heterocycles. The summed E-state index contributed by atoms with van der Waals surface area (Å²) in [6.07, 6.45) is 0. The first-order chi connectivity index (χ1) is 8.89. The van der Waals surface area contributed by atoms with Gasteiger partial charge in [-0.2, -0.15) is 0 Å². The van der Waals surface area contributed by atoms with Crippen molar-refractivity contribution in [2.75, 3.05) is 27.2 Å². The van der Waals surface area contributed by atoms with Crippen molar-refractivity contribution in [2.45, 2.75) is 13.8 Å². The van der Waals surface area contributed by atoms with Gasteiger partial charge < -0.3 is 15.4 Å². The van der Waals surface area contributed by atoms with Crippen LogP contribution in [0.1, 0.15) is 24.2 Å².